The largest absolute Gasteiger partial charge is 0.464 e. The smallest absolute Gasteiger partial charge is 0.408 e. The van der Waals surface area contributed by atoms with E-state index in [9.17, 15) is 14.4 Å². The Morgan fingerprint density at radius 1 is 1.12 bits per heavy atom. The van der Waals surface area contributed by atoms with Crippen LogP contribution in [0.2, 0.25) is 0 Å². The van der Waals surface area contributed by atoms with Gasteiger partial charge in [-0.1, -0.05) is 12.1 Å². The number of alkyl carbamates (subject to hydrolysis) is 1. The number of esters is 1. The maximum Gasteiger partial charge on any atom is 0.408 e. The van der Waals surface area contributed by atoms with Gasteiger partial charge in [-0.2, -0.15) is 0 Å². The highest BCUT2D eigenvalue weighted by atomic mass is 16.6. The first-order valence-corrected chi connectivity index (χ1v) is 8.13. The Labute approximate surface area is 148 Å². The normalized spacial score (nSPS) is 12.0. The van der Waals surface area contributed by atoms with Crippen molar-refractivity contribution in [1.82, 2.24) is 5.32 Å². The molecule has 1 aromatic rings. The Morgan fingerprint density at radius 2 is 1.72 bits per heavy atom. The standard InChI is InChI=1S/C18H26N2O5/c1-6-24-16(22)15(20-17(23)25-18(3,4)5)11-13-7-9-14(10-8-13)19-12(2)21/h7-10,15H,6,11H2,1-5H3,(H,19,21)(H,20,23)/t15-/m0/s1. The molecule has 1 atom stereocenters. The molecular weight excluding hydrogens is 324 g/mol. The number of amides is 2. The fourth-order valence-electron chi connectivity index (χ4n) is 2.05. The molecule has 0 saturated heterocycles. The van der Waals surface area contributed by atoms with E-state index in [-0.39, 0.29) is 18.9 Å². The first-order chi connectivity index (χ1) is 11.6. The summed E-state index contributed by atoms with van der Waals surface area (Å²) in [5, 5.41) is 5.21. The molecule has 0 aliphatic carbocycles. The minimum atomic E-state index is -0.860. The summed E-state index contributed by atoms with van der Waals surface area (Å²) in [6.45, 7) is 8.57. The minimum absolute atomic E-state index is 0.163. The van der Waals surface area contributed by atoms with Crippen LogP contribution in [0.3, 0.4) is 0 Å². The second-order valence-corrected chi connectivity index (χ2v) is 6.53. The molecular formula is C18H26N2O5. The number of ether oxygens (including phenoxy) is 2. The van der Waals surface area contributed by atoms with E-state index in [1.165, 1.54) is 6.92 Å². The van der Waals surface area contributed by atoms with E-state index in [1.54, 1.807) is 52.0 Å². The topological polar surface area (TPSA) is 93.7 Å². The molecule has 0 aliphatic rings. The molecule has 0 radical (unpaired) electrons. The van der Waals surface area contributed by atoms with E-state index < -0.39 is 23.7 Å². The molecule has 0 bridgehead atoms. The molecule has 0 heterocycles. The zero-order valence-corrected chi connectivity index (χ0v) is 15.3. The van der Waals surface area contributed by atoms with Crippen LogP contribution in [0, 0.1) is 0 Å². The summed E-state index contributed by atoms with van der Waals surface area (Å²) in [5.74, 6) is -0.692. The third-order valence-corrected chi connectivity index (χ3v) is 2.98. The van der Waals surface area contributed by atoms with E-state index in [2.05, 4.69) is 10.6 Å². The summed E-state index contributed by atoms with van der Waals surface area (Å²) in [6.07, 6.45) is -0.432. The number of carbonyl (C=O) groups excluding carboxylic acids is 3. The number of hydrogen-bond donors (Lipinski definition) is 2. The number of hydrogen-bond acceptors (Lipinski definition) is 5. The first kappa shape index (κ1) is 20.5. The van der Waals surface area contributed by atoms with E-state index >= 15 is 0 Å². The molecule has 138 valence electrons. The average Bonchev–Trinajstić information content (AvgIpc) is 2.46. The molecule has 0 aromatic heterocycles. The van der Waals surface area contributed by atoms with Gasteiger partial charge in [0.1, 0.15) is 11.6 Å². The fourth-order valence-corrected chi connectivity index (χ4v) is 2.05. The molecule has 2 amide bonds. The zero-order chi connectivity index (χ0) is 19.0. The highest BCUT2D eigenvalue weighted by molar-refractivity contribution is 5.88. The summed E-state index contributed by atoms with van der Waals surface area (Å²) in [7, 11) is 0. The molecule has 1 rings (SSSR count). The van der Waals surface area contributed by atoms with Crippen LogP contribution in [0.15, 0.2) is 24.3 Å². The third-order valence-electron chi connectivity index (χ3n) is 2.98. The lowest BCUT2D eigenvalue weighted by Crippen LogP contribution is -2.45. The van der Waals surface area contributed by atoms with Crippen molar-refractivity contribution >= 4 is 23.7 Å². The van der Waals surface area contributed by atoms with Gasteiger partial charge in [0.05, 0.1) is 6.61 Å². The lowest BCUT2D eigenvalue weighted by atomic mass is 10.1. The van der Waals surface area contributed by atoms with Gasteiger partial charge >= 0.3 is 12.1 Å². The van der Waals surface area contributed by atoms with E-state index in [0.29, 0.717) is 5.69 Å². The number of rotatable bonds is 6. The van der Waals surface area contributed by atoms with Crippen LogP contribution >= 0.6 is 0 Å². The van der Waals surface area contributed by atoms with E-state index in [4.69, 9.17) is 9.47 Å². The SMILES string of the molecule is CCOC(=O)[C@H](Cc1ccc(NC(C)=O)cc1)NC(=O)OC(C)(C)C. The van der Waals surface area contributed by atoms with Crippen molar-refractivity contribution in [2.45, 2.75) is 52.7 Å². The molecule has 0 saturated carbocycles. The molecule has 2 N–H and O–H groups in total. The van der Waals surface area contributed by atoms with Crippen molar-refractivity contribution in [2.24, 2.45) is 0 Å². The summed E-state index contributed by atoms with van der Waals surface area (Å²) >= 11 is 0. The summed E-state index contributed by atoms with van der Waals surface area (Å²) in [6, 6.07) is 6.14. The number of anilines is 1. The lowest BCUT2D eigenvalue weighted by molar-refractivity contribution is -0.145. The second-order valence-electron chi connectivity index (χ2n) is 6.53. The van der Waals surface area contributed by atoms with Crippen molar-refractivity contribution in [2.75, 3.05) is 11.9 Å². The maximum atomic E-state index is 12.1. The Kier molecular flexibility index (Phi) is 7.42. The predicted molar refractivity (Wildman–Crippen MR) is 94.2 cm³/mol. The summed E-state index contributed by atoms with van der Waals surface area (Å²) in [5.41, 5.74) is 0.802. The van der Waals surface area contributed by atoms with Crippen LogP contribution < -0.4 is 10.6 Å². The van der Waals surface area contributed by atoms with Gasteiger partial charge in [-0.15, -0.1) is 0 Å². The molecule has 7 nitrogen and oxygen atoms in total. The van der Waals surface area contributed by atoms with Gasteiger partial charge in [-0.05, 0) is 45.4 Å². The quantitative estimate of drug-likeness (QED) is 0.769. The highest BCUT2D eigenvalue weighted by Gasteiger charge is 2.25. The molecule has 7 heteroatoms. The Balaban J connectivity index is 2.81. The van der Waals surface area contributed by atoms with Gasteiger partial charge in [-0.25, -0.2) is 9.59 Å². The van der Waals surface area contributed by atoms with Crippen molar-refractivity contribution in [1.29, 1.82) is 0 Å². The van der Waals surface area contributed by atoms with Crippen molar-refractivity contribution in [3.05, 3.63) is 29.8 Å². The summed E-state index contributed by atoms with van der Waals surface area (Å²) < 4.78 is 10.2. The first-order valence-electron chi connectivity index (χ1n) is 8.13. The minimum Gasteiger partial charge on any atom is -0.464 e. The van der Waals surface area contributed by atoms with Gasteiger partial charge < -0.3 is 20.1 Å². The third kappa shape index (κ3) is 8.19. The van der Waals surface area contributed by atoms with Crippen LogP contribution in [0.25, 0.3) is 0 Å². The van der Waals surface area contributed by atoms with Gasteiger partial charge in [0.15, 0.2) is 0 Å². The average molecular weight is 350 g/mol. The Morgan fingerprint density at radius 3 is 2.20 bits per heavy atom. The predicted octanol–water partition coefficient (Wildman–Crippen LogP) is 2.64. The van der Waals surface area contributed by atoms with Crippen molar-refractivity contribution < 1.29 is 23.9 Å². The summed E-state index contributed by atoms with van der Waals surface area (Å²) in [4.78, 5) is 35.1. The highest BCUT2D eigenvalue weighted by Crippen LogP contribution is 2.13. The number of benzene rings is 1. The molecule has 0 fully saturated rings. The van der Waals surface area contributed by atoms with Crippen LogP contribution in [-0.4, -0.2) is 36.2 Å². The zero-order valence-electron chi connectivity index (χ0n) is 15.3. The lowest BCUT2D eigenvalue weighted by Gasteiger charge is -2.23. The van der Waals surface area contributed by atoms with Crippen molar-refractivity contribution in [3.63, 3.8) is 0 Å². The van der Waals surface area contributed by atoms with Crippen LogP contribution in [0.4, 0.5) is 10.5 Å². The molecule has 0 unspecified atom stereocenters. The van der Waals surface area contributed by atoms with E-state index in [1.807, 2.05) is 0 Å². The number of nitrogens with one attached hydrogen (secondary N) is 2. The van der Waals surface area contributed by atoms with Crippen LogP contribution in [0.1, 0.15) is 40.2 Å². The van der Waals surface area contributed by atoms with Gasteiger partial charge in [0.2, 0.25) is 5.91 Å². The Bertz CT molecular complexity index is 605. The fraction of sp³-hybridized carbons (Fsp3) is 0.500. The second kappa shape index (κ2) is 9.05. The Hall–Kier alpha value is -2.57. The molecule has 1 aromatic carbocycles. The van der Waals surface area contributed by atoms with Crippen LogP contribution in [0.5, 0.6) is 0 Å². The van der Waals surface area contributed by atoms with Gasteiger partial charge in [0.25, 0.3) is 0 Å². The van der Waals surface area contributed by atoms with E-state index in [0.717, 1.165) is 5.56 Å². The molecule has 25 heavy (non-hydrogen) atoms. The van der Waals surface area contributed by atoms with Gasteiger partial charge in [-0.3, -0.25) is 4.79 Å². The van der Waals surface area contributed by atoms with Crippen molar-refractivity contribution in [3.8, 4) is 0 Å². The molecule has 0 aliphatic heterocycles. The monoisotopic (exact) mass is 350 g/mol. The van der Waals surface area contributed by atoms with Crippen LogP contribution in [-0.2, 0) is 25.5 Å². The van der Waals surface area contributed by atoms with Gasteiger partial charge in [0, 0.05) is 19.0 Å². The number of carbonyl (C=O) groups is 3. The molecule has 0 spiro atoms. The maximum absolute atomic E-state index is 12.1.